The number of hydrogen-bond donors (Lipinski definition) is 2. The molecule has 0 unspecified atom stereocenters. The molecular weight excluding hydrogens is 296 g/mol. The predicted octanol–water partition coefficient (Wildman–Crippen LogP) is 3.33. The minimum Gasteiger partial charge on any atom is -0.494 e. The van der Waals surface area contributed by atoms with E-state index in [2.05, 4.69) is 9.98 Å². The van der Waals surface area contributed by atoms with E-state index < -0.39 is 0 Å². The molecule has 0 saturated carbocycles. The lowest BCUT2D eigenvalue weighted by Gasteiger charge is -1.96. The Morgan fingerprint density at radius 2 is 2.20 bits per heavy atom. The molecule has 1 aliphatic heterocycles. The Kier molecular flexibility index (Phi) is 3.53. The van der Waals surface area contributed by atoms with Crippen LogP contribution in [0.2, 0.25) is 0 Å². The van der Waals surface area contributed by atoms with Crippen molar-refractivity contribution in [3.05, 3.63) is 38.8 Å². The molecule has 0 amide bonds. The molecule has 0 radical (unpaired) electrons. The summed E-state index contributed by atoms with van der Waals surface area (Å²) in [5.41, 5.74) is 0.956. The molecule has 2 N–H and O–H groups in total. The van der Waals surface area contributed by atoms with Gasteiger partial charge < -0.3 is 19.6 Å². The maximum absolute atomic E-state index is 9.50. The van der Waals surface area contributed by atoms with Crippen LogP contribution in [0, 0.1) is 3.95 Å². The smallest absolute Gasteiger partial charge is 0.231 e. The van der Waals surface area contributed by atoms with Crippen molar-refractivity contribution in [2.75, 3.05) is 6.79 Å². The monoisotopic (exact) mass is 306 g/mol. The van der Waals surface area contributed by atoms with Crippen LogP contribution >= 0.6 is 23.6 Å². The number of nitrogens with zero attached hydrogens (tertiary/aromatic N) is 1. The second kappa shape index (κ2) is 5.48. The van der Waals surface area contributed by atoms with Crippen molar-refractivity contribution in [2.24, 2.45) is 4.99 Å². The topological polar surface area (TPSA) is 66.8 Å². The van der Waals surface area contributed by atoms with Gasteiger partial charge in [-0.25, -0.2) is 0 Å². The number of ether oxygens (including phenoxy) is 2. The number of benzene rings is 1. The van der Waals surface area contributed by atoms with Gasteiger partial charge in [-0.05, 0) is 36.0 Å². The molecule has 7 heteroatoms. The van der Waals surface area contributed by atoms with Crippen molar-refractivity contribution in [1.29, 1.82) is 0 Å². The molecule has 0 saturated heterocycles. The van der Waals surface area contributed by atoms with E-state index in [1.807, 2.05) is 24.3 Å². The van der Waals surface area contributed by atoms with Gasteiger partial charge in [-0.2, -0.15) is 0 Å². The quantitative estimate of drug-likeness (QED) is 0.674. The van der Waals surface area contributed by atoms with Crippen molar-refractivity contribution < 1.29 is 14.6 Å². The number of H-pyrrole nitrogens is 1. The van der Waals surface area contributed by atoms with E-state index in [0.29, 0.717) is 8.83 Å². The number of aromatic nitrogens is 1. The summed E-state index contributed by atoms with van der Waals surface area (Å²) >= 11 is 6.19. The molecule has 2 aromatic rings. The molecule has 0 spiro atoms. The minimum absolute atomic E-state index is 0.0419. The molecule has 20 heavy (non-hydrogen) atoms. The van der Waals surface area contributed by atoms with Gasteiger partial charge in [0.05, 0.1) is 0 Å². The van der Waals surface area contributed by atoms with Gasteiger partial charge in [0.1, 0.15) is 4.88 Å². The van der Waals surface area contributed by atoms with Gasteiger partial charge in [-0.15, -0.1) is 0 Å². The second-order valence-corrected chi connectivity index (χ2v) is 5.65. The van der Waals surface area contributed by atoms with Gasteiger partial charge in [-0.1, -0.05) is 17.4 Å². The molecule has 1 aromatic carbocycles. The number of hydrogen-bond acceptors (Lipinski definition) is 6. The third-order valence-electron chi connectivity index (χ3n) is 2.60. The minimum atomic E-state index is 0.0419. The number of aromatic amines is 1. The lowest BCUT2D eigenvalue weighted by Crippen LogP contribution is -1.92. The van der Waals surface area contributed by atoms with Crippen molar-refractivity contribution in [3.63, 3.8) is 0 Å². The maximum atomic E-state index is 9.50. The van der Waals surface area contributed by atoms with Crippen LogP contribution in [0.15, 0.2) is 29.4 Å². The van der Waals surface area contributed by atoms with Crippen LogP contribution in [-0.4, -0.2) is 23.1 Å². The molecule has 5 nitrogen and oxygen atoms in total. The molecule has 1 aromatic heterocycles. The van der Waals surface area contributed by atoms with Crippen LogP contribution < -0.4 is 9.47 Å². The number of thiazole rings is 1. The summed E-state index contributed by atoms with van der Waals surface area (Å²) in [6.07, 6.45) is 5.02. The van der Waals surface area contributed by atoms with Gasteiger partial charge in [0.2, 0.25) is 12.7 Å². The van der Waals surface area contributed by atoms with Crippen LogP contribution in [0.5, 0.6) is 17.4 Å². The number of nitrogens with one attached hydrogen (secondary N) is 1. The molecule has 3 rings (SSSR count). The van der Waals surface area contributed by atoms with Gasteiger partial charge >= 0.3 is 0 Å². The van der Waals surface area contributed by atoms with Crippen molar-refractivity contribution in [2.45, 2.75) is 0 Å². The average Bonchev–Trinajstić information content (AvgIpc) is 3.00. The first-order chi connectivity index (χ1) is 9.72. The van der Waals surface area contributed by atoms with Crippen molar-refractivity contribution in [3.8, 4) is 17.4 Å². The summed E-state index contributed by atoms with van der Waals surface area (Å²) in [6.45, 7) is 0.262. The van der Waals surface area contributed by atoms with E-state index in [9.17, 15) is 5.11 Å². The Morgan fingerprint density at radius 1 is 1.35 bits per heavy atom. The normalized spacial score (nSPS) is 13.6. The number of rotatable bonds is 3. The molecule has 0 bridgehead atoms. The van der Waals surface area contributed by atoms with Crippen LogP contribution in [0.25, 0.3) is 6.08 Å². The maximum Gasteiger partial charge on any atom is 0.231 e. The fraction of sp³-hybridized carbons (Fsp3) is 0.0769. The van der Waals surface area contributed by atoms with Crippen LogP contribution in [0.3, 0.4) is 0 Å². The van der Waals surface area contributed by atoms with Crippen molar-refractivity contribution in [1.82, 2.24) is 4.98 Å². The number of aliphatic imine (C=N–C) groups is 1. The highest BCUT2D eigenvalue weighted by Crippen LogP contribution is 2.32. The number of aromatic hydroxyl groups is 1. The van der Waals surface area contributed by atoms with E-state index in [1.165, 1.54) is 11.3 Å². The van der Waals surface area contributed by atoms with E-state index in [0.717, 1.165) is 17.1 Å². The largest absolute Gasteiger partial charge is 0.494 e. The third kappa shape index (κ3) is 2.73. The summed E-state index contributed by atoms with van der Waals surface area (Å²) in [5, 5.41) is 9.50. The Hall–Kier alpha value is -2.12. The summed E-state index contributed by atoms with van der Waals surface area (Å²) in [4.78, 5) is 7.35. The zero-order valence-corrected chi connectivity index (χ0v) is 11.8. The lowest BCUT2D eigenvalue weighted by molar-refractivity contribution is 0.174. The second-order valence-electron chi connectivity index (χ2n) is 3.93. The van der Waals surface area contributed by atoms with Gasteiger partial charge in [0.25, 0.3) is 0 Å². The highest BCUT2D eigenvalue weighted by Gasteiger charge is 2.11. The fourth-order valence-corrected chi connectivity index (χ4v) is 2.65. The first kappa shape index (κ1) is 12.9. The summed E-state index contributed by atoms with van der Waals surface area (Å²) in [6, 6.07) is 5.65. The SMILES string of the molecule is Oc1[nH]c(=S)sc1C=N/C=C/c1ccc2c(c1)OCO2. The lowest BCUT2D eigenvalue weighted by atomic mass is 10.2. The summed E-state index contributed by atoms with van der Waals surface area (Å²) in [7, 11) is 0. The van der Waals surface area contributed by atoms with Gasteiger partial charge in [0, 0.05) is 12.4 Å². The third-order valence-corrected chi connectivity index (χ3v) is 3.76. The molecular formula is C13H10N2O3S2. The van der Waals surface area contributed by atoms with Crippen LogP contribution in [-0.2, 0) is 0 Å². The first-order valence-electron chi connectivity index (χ1n) is 5.74. The zero-order chi connectivity index (χ0) is 13.9. The molecule has 0 atom stereocenters. The highest BCUT2D eigenvalue weighted by atomic mass is 32.1. The predicted molar refractivity (Wildman–Crippen MR) is 80.4 cm³/mol. The van der Waals surface area contributed by atoms with E-state index in [1.54, 1.807) is 12.4 Å². The fourth-order valence-electron chi connectivity index (χ4n) is 1.68. The van der Waals surface area contributed by atoms with Gasteiger partial charge in [0.15, 0.2) is 15.5 Å². The van der Waals surface area contributed by atoms with Crippen molar-refractivity contribution >= 4 is 35.8 Å². The first-order valence-corrected chi connectivity index (χ1v) is 6.96. The average molecular weight is 306 g/mol. The molecule has 0 aliphatic carbocycles. The van der Waals surface area contributed by atoms with E-state index in [-0.39, 0.29) is 12.7 Å². The molecule has 1 aliphatic rings. The Balaban J connectivity index is 1.71. The Labute approximate surface area is 123 Å². The molecule has 102 valence electrons. The molecule has 2 heterocycles. The van der Waals surface area contributed by atoms with E-state index in [4.69, 9.17) is 21.7 Å². The number of fused-ring (bicyclic) bond motifs is 1. The Morgan fingerprint density at radius 3 is 3.00 bits per heavy atom. The summed E-state index contributed by atoms with van der Waals surface area (Å²) < 4.78 is 11.0. The Bertz CT molecular complexity index is 746. The van der Waals surface area contributed by atoms with Gasteiger partial charge in [-0.3, -0.25) is 4.99 Å². The van der Waals surface area contributed by atoms with E-state index >= 15 is 0 Å². The standard InChI is InChI=1S/C13H10N2O3S2/c16-12-11(20-13(19)15-12)6-14-4-3-8-1-2-9-10(5-8)18-7-17-9/h1-6,16H,7H2,(H,15,19)/b4-3+,14-6?. The highest BCUT2D eigenvalue weighted by molar-refractivity contribution is 7.73. The molecule has 0 fully saturated rings. The van der Waals surface area contributed by atoms with Crippen LogP contribution in [0.1, 0.15) is 10.4 Å². The zero-order valence-electron chi connectivity index (χ0n) is 10.2. The summed E-state index contributed by atoms with van der Waals surface area (Å²) in [5.74, 6) is 1.53. The van der Waals surface area contributed by atoms with Crippen LogP contribution in [0.4, 0.5) is 0 Å².